The number of aromatic nitrogens is 2. The quantitative estimate of drug-likeness (QED) is 0.625. The second-order valence-electron chi connectivity index (χ2n) is 7.64. The zero-order valence-electron chi connectivity index (χ0n) is 17.1. The molecule has 2 N–H and O–H groups in total. The van der Waals surface area contributed by atoms with Crippen molar-refractivity contribution in [1.29, 1.82) is 0 Å². The maximum absolute atomic E-state index is 14.6. The van der Waals surface area contributed by atoms with E-state index < -0.39 is 31.1 Å². The van der Waals surface area contributed by atoms with Gasteiger partial charge in [-0.3, -0.25) is 4.79 Å². The number of hydrogen-bond acceptors (Lipinski definition) is 8. The van der Waals surface area contributed by atoms with Gasteiger partial charge in [0.05, 0.1) is 31.0 Å². The molecule has 0 unspecified atom stereocenters. The van der Waals surface area contributed by atoms with Crippen LogP contribution in [0, 0.1) is 5.92 Å². The van der Waals surface area contributed by atoms with Crippen LogP contribution in [-0.2, 0) is 21.4 Å². The van der Waals surface area contributed by atoms with Crippen LogP contribution in [0.3, 0.4) is 0 Å². The van der Waals surface area contributed by atoms with E-state index in [0.717, 1.165) is 0 Å². The summed E-state index contributed by atoms with van der Waals surface area (Å²) in [4.78, 5) is 24.8. The smallest absolute Gasteiger partial charge is 0.283 e. The molecule has 1 fully saturated rings. The average Bonchev–Trinajstić information content (AvgIpc) is 3.16. The van der Waals surface area contributed by atoms with Crippen LogP contribution >= 0.6 is 11.6 Å². The predicted molar refractivity (Wildman–Crippen MR) is 111 cm³/mol. The lowest BCUT2D eigenvalue weighted by Gasteiger charge is -2.40. The van der Waals surface area contributed by atoms with Crippen LogP contribution in [0.25, 0.3) is 0 Å². The molecule has 1 aromatic heterocycles. The van der Waals surface area contributed by atoms with Gasteiger partial charge in [0.25, 0.3) is 6.02 Å². The van der Waals surface area contributed by atoms with E-state index in [-0.39, 0.29) is 42.5 Å². The molecule has 0 bridgehead atoms. The van der Waals surface area contributed by atoms with Gasteiger partial charge >= 0.3 is 0 Å². The molecular weight excluding hydrogens is 446 g/mol. The van der Waals surface area contributed by atoms with E-state index in [2.05, 4.69) is 19.7 Å². The summed E-state index contributed by atoms with van der Waals surface area (Å²) in [6.45, 7) is 0.144. The molecule has 2 aliphatic heterocycles. The van der Waals surface area contributed by atoms with Gasteiger partial charge in [0, 0.05) is 17.0 Å². The normalized spacial score (nSPS) is 26.8. The zero-order valence-corrected chi connectivity index (χ0v) is 17.9. The summed E-state index contributed by atoms with van der Waals surface area (Å²) in [5.41, 5.74) is 5.56. The van der Waals surface area contributed by atoms with Gasteiger partial charge < -0.3 is 19.9 Å². The molecule has 170 valence electrons. The maximum Gasteiger partial charge on any atom is 0.283 e. The Morgan fingerprint density at radius 3 is 2.84 bits per heavy atom. The van der Waals surface area contributed by atoms with Gasteiger partial charge in [-0.25, -0.2) is 23.7 Å². The standard InChI is InChI=1S/C21H21ClF2N4O4/c1-11-19-14(8-30-11)21(9-23,28-20(25)32-19)13-4-12(2-3-15(13)22)5-17(29)16-6-27-18(7-26-16)31-10-24/h2-4,6-7,11,14,19H,5,8-10H2,1H3,(H2,25,28)/t11-,14+,19-,21-/m1/s1. The summed E-state index contributed by atoms with van der Waals surface area (Å²) in [6, 6.07) is 4.78. The number of nitrogens with zero attached hydrogens (tertiary/aromatic N) is 3. The third kappa shape index (κ3) is 4.00. The Bertz CT molecular complexity index is 1040. The Balaban J connectivity index is 1.65. The van der Waals surface area contributed by atoms with Crippen molar-refractivity contribution in [3.05, 3.63) is 52.4 Å². The molecule has 2 aromatic rings. The molecule has 4 rings (SSSR count). The molecule has 1 aromatic carbocycles. The van der Waals surface area contributed by atoms with E-state index in [1.807, 2.05) is 6.92 Å². The summed E-state index contributed by atoms with van der Waals surface area (Å²) < 4.78 is 42.7. The predicted octanol–water partition coefficient (Wildman–Crippen LogP) is 2.77. The highest BCUT2D eigenvalue weighted by molar-refractivity contribution is 6.31. The molecule has 2 aliphatic rings. The van der Waals surface area contributed by atoms with Crippen LogP contribution in [-0.4, -0.2) is 54.1 Å². The first-order valence-corrected chi connectivity index (χ1v) is 10.3. The van der Waals surface area contributed by atoms with Gasteiger partial charge in [0.1, 0.15) is 24.0 Å². The molecule has 0 spiro atoms. The van der Waals surface area contributed by atoms with Crippen molar-refractivity contribution in [1.82, 2.24) is 9.97 Å². The largest absolute Gasteiger partial charge is 0.459 e. The maximum atomic E-state index is 14.6. The van der Waals surface area contributed by atoms with E-state index in [4.69, 9.17) is 26.8 Å². The Kier molecular flexibility index (Phi) is 6.25. The summed E-state index contributed by atoms with van der Waals surface area (Å²) in [5.74, 6) is -0.801. The fourth-order valence-corrected chi connectivity index (χ4v) is 4.43. The van der Waals surface area contributed by atoms with Crippen molar-refractivity contribution < 1.29 is 27.8 Å². The van der Waals surface area contributed by atoms with Gasteiger partial charge in [-0.05, 0) is 18.6 Å². The molecule has 1 saturated heterocycles. The highest BCUT2D eigenvalue weighted by Gasteiger charge is 2.55. The van der Waals surface area contributed by atoms with Crippen molar-refractivity contribution >= 4 is 23.4 Å². The minimum absolute atomic E-state index is 0.0275. The lowest BCUT2D eigenvalue weighted by atomic mass is 9.75. The topological polar surface area (TPSA) is 109 Å². The summed E-state index contributed by atoms with van der Waals surface area (Å²) in [5, 5.41) is 0.295. The minimum Gasteiger partial charge on any atom is -0.459 e. The number of nitrogens with two attached hydrogens (primary N) is 1. The first kappa shape index (κ1) is 22.3. The van der Waals surface area contributed by atoms with Gasteiger partial charge in [-0.15, -0.1) is 0 Å². The van der Waals surface area contributed by atoms with Crippen LogP contribution in [0.5, 0.6) is 5.88 Å². The number of rotatable bonds is 7. The third-order valence-corrected chi connectivity index (χ3v) is 6.09. The lowest BCUT2D eigenvalue weighted by Crippen LogP contribution is -2.51. The second kappa shape index (κ2) is 8.95. The van der Waals surface area contributed by atoms with Crippen molar-refractivity contribution in [2.45, 2.75) is 31.1 Å². The number of carbonyl (C=O) groups excluding carboxylic acids is 1. The molecule has 8 nitrogen and oxygen atoms in total. The van der Waals surface area contributed by atoms with E-state index in [1.165, 1.54) is 12.4 Å². The monoisotopic (exact) mass is 466 g/mol. The van der Waals surface area contributed by atoms with Crippen LogP contribution in [0.1, 0.15) is 28.5 Å². The number of fused-ring (bicyclic) bond motifs is 1. The molecule has 0 aliphatic carbocycles. The fourth-order valence-electron chi connectivity index (χ4n) is 4.15. The number of amidine groups is 1. The number of hydrogen-bond donors (Lipinski definition) is 1. The van der Waals surface area contributed by atoms with Crippen LogP contribution in [0.2, 0.25) is 5.02 Å². The highest BCUT2D eigenvalue weighted by Crippen LogP contribution is 2.47. The Morgan fingerprint density at radius 2 is 2.16 bits per heavy atom. The molecule has 11 heteroatoms. The number of aliphatic imine (C=N–C) groups is 1. The molecule has 32 heavy (non-hydrogen) atoms. The van der Waals surface area contributed by atoms with E-state index >= 15 is 0 Å². The molecule has 0 saturated carbocycles. The van der Waals surface area contributed by atoms with Gasteiger partial charge in [0.2, 0.25) is 12.7 Å². The van der Waals surface area contributed by atoms with Crippen LogP contribution in [0.15, 0.2) is 35.6 Å². The zero-order chi connectivity index (χ0) is 22.9. The SMILES string of the molecule is C[C@H]1OC[C@H]2[C@@H]1OC(N)=N[C@]2(CF)c1cc(CC(=O)c2cnc(OCF)cn2)ccc1Cl. The van der Waals surface area contributed by atoms with Crippen molar-refractivity contribution in [2.75, 3.05) is 20.1 Å². The number of halogens is 3. The first-order valence-electron chi connectivity index (χ1n) is 9.90. The fraction of sp³-hybridized carbons (Fsp3) is 0.429. The Hall–Kier alpha value is -2.85. The van der Waals surface area contributed by atoms with Crippen LogP contribution in [0.4, 0.5) is 8.78 Å². The average molecular weight is 467 g/mol. The van der Waals surface area contributed by atoms with Crippen molar-refractivity contribution in [2.24, 2.45) is 16.6 Å². The van der Waals surface area contributed by atoms with E-state index in [0.29, 0.717) is 16.1 Å². The van der Waals surface area contributed by atoms with Crippen molar-refractivity contribution in [3.8, 4) is 5.88 Å². The lowest BCUT2D eigenvalue weighted by molar-refractivity contribution is 0.0343. The summed E-state index contributed by atoms with van der Waals surface area (Å²) >= 11 is 6.46. The Morgan fingerprint density at radius 1 is 1.34 bits per heavy atom. The first-order chi connectivity index (χ1) is 15.4. The van der Waals surface area contributed by atoms with Crippen LogP contribution < -0.4 is 10.5 Å². The van der Waals surface area contributed by atoms with Crippen molar-refractivity contribution in [3.63, 3.8) is 0 Å². The number of ketones is 1. The summed E-state index contributed by atoms with van der Waals surface area (Å²) in [6.07, 6.45) is 1.58. The number of alkyl halides is 2. The van der Waals surface area contributed by atoms with Gasteiger partial charge in [-0.1, -0.05) is 23.7 Å². The molecule has 3 heterocycles. The second-order valence-corrected chi connectivity index (χ2v) is 8.05. The summed E-state index contributed by atoms with van der Waals surface area (Å²) in [7, 11) is 0. The Labute approximate surface area is 187 Å². The molecule has 0 radical (unpaired) electrons. The molecule has 4 atom stereocenters. The van der Waals surface area contributed by atoms with Gasteiger partial charge in [0.15, 0.2) is 5.78 Å². The number of benzene rings is 1. The number of Topliss-reactive ketones (excluding diaryl/α,β-unsaturated/α-hetero) is 1. The van der Waals surface area contributed by atoms with Gasteiger partial charge in [-0.2, -0.15) is 0 Å². The minimum atomic E-state index is -1.39. The number of carbonyl (C=O) groups is 1. The molecular formula is C21H21ClF2N4O4. The van der Waals surface area contributed by atoms with E-state index in [9.17, 15) is 13.6 Å². The highest BCUT2D eigenvalue weighted by atomic mass is 35.5. The van der Waals surface area contributed by atoms with E-state index in [1.54, 1.807) is 18.2 Å². The molecule has 0 amide bonds. The third-order valence-electron chi connectivity index (χ3n) is 5.76. The number of ether oxygens (including phenoxy) is 3.